The molecule has 20 heavy (non-hydrogen) atoms. The average molecular weight is 339 g/mol. The highest BCUT2D eigenvalue weighted by molar-refractivity contribution is 9.10. The van der Waals surface area contributed by atoms with Crippen LogP contribution in [-0.4, -0.2) is 17.1 Å². The van der Waals surface area contributed by atoms with Gasteiger partial charge in [0.05, 0.1) is 17.8 Å². The summed E-state index contributed by atoms with van der Waals surface area (Å²) in [5, 5.41) is 0. The lowest BCUT2D eigenvalue weighted by Crippen LogP contribution is -2.10. The Balaban J connectivity index is 2.34. The third-order valence-corrected chi connectivity index (χ3v) is 3.23. The van der Waals surface area contributed by atoms with Crippen molar-refractivity contribution in [2.75, 3.05) is 12.5 Å². The highest BCUT2D eigenvalue weighted by Gasteiger charge is 2.11. The molecule has 1 aromatic carbocycles. The molecule has 0 saturated carbocycles. The highest BCUT2D eigenvalue weighted by atomic mass is 79.9. The van der Waals surface area contributed by atoms with Gasteiger partial charge in [0.25, 0.3) is 0 Å². The van der Waals surface area contributed by atoms with Gasteiger partial charge in [-0.1, -0.05) is 13.0 Å². The van der Waals surface area contributed by atoms with Crippen LogP contribution in [0, 0.1) is 0 Å². The van der Waals surface area contributed by atoms with Crippen molar-refractivity contribution in [3.63, 3.8) is 0 Å². The van der Waals surface area contributed by atoms with Gasteiger partial charge >= 0.3 is 0 Å². The summed E-state index contributed by atoms with van der Waals surface area (Å²) in [6, 6.07) is 5.77. The SMILES string of the molecule is CCc1ccc(Oc2nc(NN)ncc2Br)c(OC)c1. The fourth-order valence-corrected chi connectivity index (χ4v) is 1.88. The number of rotatable bonds is 5. The minimum atomic E-state index is 0.271. The number of nitrogen functional groups attached to an aromatic ring is 1. The number of anilines is 1. The fraction of sp³-hybridized carbons (Fsp3) is 0.231. The van der Waals surface area contributed by atoms with E-state index in [1.165, 1.54) is 5.56 Å². The smallest absolute Gasteiger partial charge is 0.240 e. The van der Waals surface area contributed by atoms with Crippen LogP contribution in [0.2, 0.25) is 0 Å². The summed E-state index contributed by atoms with van der Waals surface area (Å²) < 4.78 is 11.7. The largest absolute Gasteiger partial charge is 0.493 e. The highest BCUT2D eigenvalue weighted by Crippen LogP contribution is 2.34. The van der Waals surface area contributed by atoms with Crippen LogP contribution in [0.25, 0.3) is 0 Å². The lowest BCUT2D eigenvalue weighted by Gasteiger charge is -2.12. The van der Waals surface area contributed by atoms with E-state index in [0.717, 1.165) is 6.42 Å². The lowest BCUT2D eigenvalue weighted by molar-refractivity contribution is 0.372. The molecule has 7 heteroatoms. The first-order chi connectivity index (χ1) is 9.67. The van der Waals surface area contributed by atoms with Crippen LogP contribution in [0.1, 0.15) is 12.5 Å². The molecule has 2 aromatic rings. The van der Waals surface area contributed by atoms with Gasteiger partial charge in [0.1, 0.15) is 0 Å². The molecule has 0 saturated heterocycles. The van der Waals surface area contributed by atoms with Crippen molar-refractivity contribution in [2.45, 2.75) is 13.3 Å². The monoisotopic (exact) mass is 338 g/mol. The molecule has 1 heterocycles. The molecule has 0 unspecified atom stereocenters. The number of aromatic nitrogens is 2. The normalized spacial score (nSPS) is 10.2. The molecule has 0 radical (unpaired) electrons. The molecule has 2 rings (SSSR count). The van der Waals surface area contributed by atoms with Crippen LogP contribution in [0.3, 0.4) is 0 Å². The average Bonchev–Trinajstić information content (AvgIpc) is 2.49. The number of halogens is 1. The van der Waals surface area contributed by atoms with Crippen LogP contribution < -0.4 is 20.7 Å². The zero-order chi connectivity index (χ0) is 14.5. The van der Waals surface area contributed by atoms with E-state index < -0.39 is 0 Å². The third-order valence-electron chi connectivity index (χ3n) is 2.68. The maximum Gasteiger partial charge on any atom is 0.240 e. The van der Waals surface area contributed by atoms with Gasteiger partial charge in [0.2, 0.25) is 11.8 Å². The van der Waals surface area contributed by atoms with Crippen molar-refractivity contribution in [1.29, 1.82) is 0 Å². The standard InChI is InChI=1S/C13H15BrN4O2/c1-3-8-4-5-10(11(6-8)19-2)20-12-9(14)7-16-13(17-12)18-15/h4-7H,3,15H2,1-2H3,(H,16,17,18). The predicted molar refractivity (Wildman–Crippen MR) is 80.0 cm³/mol. The number of nitrogens with one attached hydrogen (secondary N) is 1. The number of hydrazine groups is 1. The number of benzene rings is 1. The third kappa shape index (κ3) is 3.17. The zero-order valence-electron chi connectivity index (χ0n) is 11.2. The topological polar surface area (TPSA) is 82.3 Å². The van der Waals surface area contributed by atoms with E-state index in [1.807, 2.05) is 18.2 Å². The van der Waals surface area contributed by atoms with Crippen molar-refractivity contribution in [1.82, 2.24) is 9.97 Å². The number of ether oxygens (including phenoxy) is 2. The first kappa shape index (κ1) is 14.5. The van der Waals surface area contributed by atoms with Crippen LogP contribution >= 0.6 is 15.9 Å². The number of nitrogens with two attached hydrogens (primary N) is 1. The Hall–Kier alpha value is -1.86. The molecule has 106 valence electrons. The summed E-state index contributed by atoms with van der Waals surface area (Å²) >= 11 is 3.33. The number of nitrogens with zero attached hydrogens (tertiary/aromatic N) is 2. The minimum absolute atomic E-state index is 0.271. The maximum absolute atomic E-state index is 5.75. The molecule has 0 aliphatic rings. The molecular formula is C13H15BrN4O2. The van der Waals surface area contributed by atoms with Crippen LogP contribution in [0.4, 0.5) is 5.95 Å². The molecule has 3 N–H and O–H groups in total. The van der Waals surface area contributed by atoms with Crippen molar-refractivity contribution >= 4 is 21.9 Å². The molecule has 0 amide bonds. The van der Waals surface area contributed by atoms with Gasteiger partial charge in [0.15, 0.2) is 11.5 Å². The Kier molecular flexibility index (Phi) is 4.75. The summed E-state index contributed by atoms with van der Waals surface area (Å²) in [5.74, 6) is 7.14. The summed E-state index contributed by atoms with van der Waals surface area (Å²) in [7, 11) is 1.60. The van der Waals surface area contributed by atoms with Crippen molar-refractivity contribution in [3.05, 3.63) is 34.4 Å². The van der Waals surface area contributed by atoms with E-state index in [1.54, 1.807) is 13.3 Å². The molecule has 0 spiro atoms. The van der Waals surface area contributed by atoms with Gasteiger partial charge in [-0.15, -0.1) is 0 Å². The van der Waals surface area contributed by atoms with E-state index in [-0.39, 0.29) is 5.95 Å². The van der Waals surface area contributed by atoms with E-state index in [9.17, 15) is 0 Å². The molecule has 0 bridgehead atoms. The summed E-state index contributed by atoms with van der Waals surface area (Å²) in [5.41, 5.74) is 3.54. The minimum Gasteiger partial charge on any atom is -0.493 e. The molecular weight excluding hydrogens is 324 g/mol. The van der Waals surface area contributed by atoms with E-state index in [2.05, 4.69) is 38.2 Å². The molecule has 0 atom stereocenters. The molecule has 0 aliphatic carbocycles. The number of methoxy groups -OCH3 is 1. The second-order valence-electron chi connectivity index (χ2n) is 3.93. The van der Waals surface area contributed by atoms with Crippen LogP contribution in [-0.2, 0) is 6.42 Å². The van der Waals surface area contributed by atoms with Gasteiger partial charge < -0.3 is 9.47 Å². The molecule has 1 aromatic heterocycles. The second kappa shape index (κ2) is 6.53. The Morgan fingerprint density at radius 2 is 2.15 bits per heavy atom. The number of hydrogen-bond donors (Lipinski definition) is 2. The van der Waals surface area contributed by atoms with Crippen molar-refractivity contribution in [2.24, 2.45) is 5.84 Å². The summed E-state index contributed by atoms with van der Waals surface area (Å²) in [6.45, 7) is 2.08. The molecule has 0 fully saturated rings. The molecule has 6 nitrogen and oxygen atoms in total. The Morgan fingerprint density at radius 1 is 1.35 bits per heavy atom. The quantitative estimate of drug-likeness (QED) is 0.644. The van der Waals surface area contributed by atoms with Gasteiger partial charge in [-0.05, 0) is 40.0 Å². The Labute approximate surface area is 125 Å². The number of aryl methyl sites for hydroxylation is 1. The summed E-state index contributed by atoms with van der Waals surface area (Å²) in [4.78, 5) is 8.10. The van der Waals surface area contributed by atoms with E-state index >= 15 is 0 Å². The Bertz CT molecular complexity index is 607. The van der Waals surface area contributed by atoms with Crippen LogP contribution in [0.5, 0.6) is 17.4 Å². The second-order valence-corrected chi connectivity index (χ2v) is 4.79. The molecule has 0 aliphatic heterocycles. The van der Waals surface area contributed by atoms with E-state index in [4.69, 9.17) is 15.3 Å². The van der Waals surface area contributed by atoms with Gasteiger partial charge in [-0.2, -0.15) is 4.98 Å². The fourth-order valence-electron chi connectivity index (χ4n) is 1.61. The van der Waals surface area contributed by atoms with Crippen molar-refractivity contribution in [3.8, 4) is 17.4 Å². The first-order valence-corrected chi connectivity index (χ1v) is 6.81. The van der Waals surface area contributed by atoms with Gasteiger partial charge in [-0.3, -0.25) is 5.43 Å². The Morgan fingerprint density at radius 3 is 2.80 bits per heavy atom. The number of hydrogen-bond acceptors (Lipinski definition) is 6. The van der Waals surface area contributed by atoms with Gasteiger partial charge in [-0.25, -0.2) is 10.8 Å². The maximum atomic E-state index is 5.75. The van der Waals surface area contributed by atoms with Crippen molar-refractivity contribution < 1.29 is 9.47 Å². The summed E-state index contributed by atoms with van der Waals surface area (Å²) in [6.07, 6.45) is 2.49. The van der Waals surface area contributed by atoms with E-state index in [0.29, 0.717) is 21.9 Å². The first-order valence-electron chi connectivity index (χ1n) is 6.01. The van der Waals surface area contributed by atoms with Gasteiger partial charge in [0, 0.05) is 0 Å². The zero-order valence-corrected chi connectivity index (χ0v) is 12.8. The van der Waals surface area contributed by atoms with Crippen LogP contribution in [0.15, 0.2) is 28.9 Å². The lowest BCUT2D eigenvalue weighted by atomic mass is 10.1. The predicted octanol–water partition coefficient (Wildman–Crippen LogP) is 2.89.